The number of rotatable bonds is 6. The lowest BCUT2D eigenvalue weighted by molar-refractivity contribution is 0.0934. The third kappa shape index (κ3) is 4.57. The number of para-hydroxylation sites is 1. The van der Waals surface area contributed by atoms with Gasteiger partial charge < -0.3 is 5.32 Å². The Morgan fingerprint density at radius 3 is 2.48 bits per heavy atom. The number of hydrogen-bond acceptors (Lipinski definition) is 4. The Hall–Kier alpha value is -3.76. The molecule has 0 saturated heterocycles. The second-order valence-corrected chi connectivity index (χ2v) is 9.61. The zero-order chi connectivity index (χ0) is 23.6. The first kappa shape index (κ1) is 22.4. The van der Waals surface area contributed by atoms with Crippen molar-refractivity contribution >= 4 is 26.6 Å². The first-order chi connectivity index (χ1) is 15.8. The summed E-state index contributed by atoms with van der Waals surface area (Å²) < 4.78 is 39.7. The maximum atomic E-state index is 13.7. The van der Waals surface area contributed by atoms with E-state index in [2.05, 4.69) is 22.4 Å². The largest absolute Gasteiger partial charge is 0.345 e. The molecule has 1 heterocycles. The second kappa shape index (κ2) is 9.00. The lowest BCUT2D eigenvalue weighted by Crippen LogP contribution is -2.30. The molecule has 1 atom stereocenters. The summed E-state index contributed by atoms with van der Waals surface area (Å²) in [5, 5.41) is 3.30. The Bertz CT molecular complexity index is 1440. The van der Waals surface area contributed by atoms with Gasteiger partial charge in [0.1, 0.15) is 4.90 Å². The van der Waals surface area contributed by atoms with Crippen LogP contribution in [0.1, 0.15) is 35.3 Å². The van der Waals surface area contributed by atoms with E-state index in [0.717, 1.165) is 6.26 Å². The highest BCUT2D eigenvalue weighted by Crippen LogP contribution is 2.34. The SMILES string of the molecule is CCC(NC(=O)c1c(S(C)(=O)=O)c(-c2ccccc2)nc2ccccc12)c1cc#cc(F)c1. The molecule has 0 aliphatic heterocycles. The molecule has 0 aliphatic carbocycles. The first-order valence-corrected chi connectivity index (χ1v) is 12.3. The zero-order valence-corrected chi connectivity index (χ0v) is 18.9. The van der Waals surface area contributed by atoms with Gasteiger partial charge in [-0.1, -0.05) is 61.5 Å². The molecule has 7 heteroatoms. The van der Waals surface area contributed by atoms with E-state index in [4.69, 9.17) is 0 Å². The molecule has 0 aliphatic rings. The molecule has 3 aromatic carbocycles. The maximum absolute atomic E-state index is 13.7. The van der Waals surface area contributed by atoms with Gasteiger partial charge in [-0.05, 0) is 36.2 Å². The number of pyridine rings is 1. The van der Waals surface area contributed by atoms with E-state index in [1.807, 2.05) is 13.0 Å². The molecule has 0 saturated carbocycles. The van der Waals surface area contributed by atoms with Crippen molar-refractivity contribution in [3.05, 3.63) is 95.8 Å². The van der Waals surface area contributed by atoms with Crippen molar-refractivity contribution in [3.63, 3.8) is 0 Å². The van der Waals surface area contributed by atoms with E-state index in [9.17, 15) is 17.6 Å². The van der Waals surface area contributed by atoms with E-state index in [1.165, 1.54) is 6.07 Å². The van der Waals surface area contributed by atoms with Gasteiger partial charge in [-0.2, -0.15) is 4.39 Å². The normalized spacial score (nSPS) is 12.2. The topological polar surface area (TPSA) is 76.1 Å². The zero-order valence-electron chi connectivity index (χ0n) is 18.1. The highest BCUT2D eigenvalue weighted by atomic mass is 32.2. The summed E-state index contributed by atoms with van der Waals surface area (Å²) in [5.74, 6) is -1.16. The molecule has 1 N–H and O–H groups in total. The average molecular weight is 461 g/mol. The van der Waals surface area contributed by atoms with Gasteiger partial charge in [0.15, 0.2) is 15.7 Å². The van der Waals surface area contributed by atoms with Crippen LogP contribution in [0.25, 0.3) is 22.2 Å². The third-order valence-corrected chi connectivity index (χ3v) is 6.47. The number of amides is 1. The van der Waals surface area contributed by atoms with Crippen molar-refractivity contribution in [2.45, 2.75) is 24.3 Å². The Labute approximate surface area is 192 Å². The number of hydrogen-bond donors (Lipinski definition) is 1. The predicted molar refractivity (Wildman–Crippen MR) is 125 cm³/mol. The van der Waals surface area contributed by atoms with Crippen molar-refractivity contribution in [2.75, 3.05) is 6.26 Å². The molecule has 4 rings (SSSR count). The lowest BCUT2D eigenvalue weighted by Gasteiger charge is -2.20. The van der Waals surface area contributed by atoms with Crippen LogP contribution in [0.15, 0.2) is 71.6 Å². The minimum atomic E-state index is -3.86. The number of benzene rings is 2. The van der Waals surface area contributed by atoms with E-state index < -0.39 is 27.6 Å². The molecule has 0 fully saturated rings. The van der Waals surface area contributed by atoms with Crippen LogP contribution in [0, 0.1) is 17.9 Å². The Morgan fingerprint density at radius 2 is 1.82 bits per heavy atom. The van der Waals surface area contributed by atoms with Gasteiger partial charge in [-0.25, -0.2) is 13.4 Å². The molecule has 166 valence electrons. The highest BCUT2D eigenvalue weighted by Gasteiger charge is 2.29. The number of aromatic nitrogens is 1. The van der Waals surface area contributed by atoms with Crippen LogP contribution in [-0.2, 0) is 9.84 Å². The van der Waals surface area contributed by atoms with Gasteiger partial charge in [-0.3, -0.25) is 4.79 Å². The predicted octanol–water partition coefficient (Wildman–Crippen LogP) is 4.93. The lowest BCUT2D eigenvalue weighted by atomic mass is 10.0. The maximum Gasteiger partial charge on any atom is 0.253 e. The van der Waals surface area contributed by atoms with Crippen molar-refractivity contribution in [1.29, 1.82) is 0 Å². The molecular weight excluding hydrogens is 439 g/mol. The van der Waals surface area contributed by atoms with E-state index in [1.54, 1.807) is 54.6 Å². The number of nitrogens with zero attached hydrogens (tertiary/aromatic N) is 1. The van der Waals surface area contributed by atoms with Gasteiger partial charge >= 0.3 is 0 Å². The number of carbonyl (C=O) groups excluding carboxylic acids is 1. The molecular formula is C26H21FN2O3S. The number of halogens is 1. The summed E-state index contributed by atoms with van der Waals surface area (Å²) in [4.78, 5) is 18.1. The highest BCUT2D eigenvalue weighted by molar-refractivity contribution is 7.91. The molecule has 1 aromatic heterocycles. The van der Waals surface area contributed by atoms with Gasteiger partial charge in [0.05, 0.1) is 22.8 Å². The summed E-state index contributed by atoms with van der Waals surface area (Å²) in [6, 6.07) is 23.0. The van der Waals surface area contributed by atoms with Gasteiger partial charge in [-0.15, -0.1) is 0 Å². The average Bonchev–Trinajstić information content (AvgIpc) is 2.81. The van der Waals surface area contributed by atoms with Crippen LogP contribution in [0.3, 0.4) is 0 Å². The van der Waals surface area contributed by atoms with Crippen molar-refractivity contribution in [1.82, 2.24) is 10.3 Å². The summed E-state index contributed by atoms with van der Waals surface area (Å²) in [6.07, 6.45) is 1.53. The van der Waals surface area contributed by atoms with Crippen LogP contribution in [0.4, 0.5) is 4.39 Å². The summed E-state index contributed by atoms with van der Waals surface area (Å²) in [6.45, 7) is 1.84. The van der Waals surface area contributed by atoms with Crippen molar-refractivity contribution < 1.29 is 17.6 Å². The molecule has 1 unspecified atom stereocenters. The molecule has 5 nitrogen and oxygen atoms in total. The smallest absolute Gasteiger partial charge is 0.253 e. The van der Waals surface area contributed by atoms with Gasteiger partial charge in [0.25, 0.3) is 5.91 Å². The van der Waals surface area contributed by atoms with E-state index in [-0.39, 0.29) is 16.2 Å². The summed E-state index contributed by atoms with van der Waals surface area (Å²) in [7, 11) is -3.86. The van der Waals surface area contributed by atoms with Crippen LogP contribution in [0.5, 0.6) is 0 Å². The Morgan fingerprint density at radius 1 is 1.12 bits per heavy atom. The molecule has 1 amide bonds. The molecule has 0 radical (unpaired) electrons. The monoisotopic (exact) mass is 460 g/mol. The molecule has 0 bridgehead atoms. The van der Waals surface area contributed by atoms with E-state index >= 15 is 0 Å². The fourth-order valence-electron chi connectivity index (χ4n) is 3.84. The summed E-state index contributed by atoms with van der Waals surface area (Å²) in [5.41, 5.74) is 1.83. The quantitative estimate of drug-likeness (QED) is 0.443. The van der Waals surface area contributed by atoms with Crippen molar-refractivity contribution in [3.8, 4) is 11.3 Å². The molecule has 33 heavy (non-hydrogen) atoms. The second-order valence-electron chi connectivity index (χ2n) is 7.66. The summed E-state index contributed by atoms with van der Waals surface area (Å²) >= 11 is 0. The van der Waals surface area contributed by atoms with E-state index in [0.29, 0.717) is 28.5 Å². The van der Waals surface area contributed by atoms with Crippen LogP contribution < -0.4 is 5.32 Å². The first-order valence-electron chi connectivity index (χ1n) is 10.4. The Balaban J connectivity index is 1.94. The third-order valence-electron chi connectivity index (χ3n) is 5.33. The fraction of sp³-hybridized carbons (Fsp3) is 0.154. The van der Waals surface area contributed by atoms with Gasteiger partial charge in [0.2, 0.25) is 0 Å². The number of sulfone groups is 1. The minimum absolute atomic E-state index is 0.0207. The standard InChI is InChI=1S/C26H21FN2O3S/c1-3-21(18-12-9-13-19(27)16-18)29-26(30)23-20-14-7-8-15-22(20)28-24(25(23)33(2,31)32)17-10-5-4-6-11-17/h4-8,10-12,14-16,21H,3H2,1-2H3,(H,29,30). The van der Waals surface area contributed by atoms with Crippen molar-refractivity contribution in [2.24, 2.45) is 0 Å². The number of fused-ring (bicyclic) bond motifs is 1. The fourth-order valence-corrected chi connectivity index (χ4v) is 4.93. The number of nitrogens with one attached hydrogen (secondary N) is 1. The molecule has 4 aromatic rings. The Kier molecular flexibility index (Phi) is 6.12. The minimum Gasteiger partial charge on any atom is -0.345 e. The number of carbonyl (C=O) groups is 1. The van der Waals surface area contributed by atoms with Gasteiger partial charge in [0, 0.05) is 17.2 Å². The van der Waals surface area contributed by atoms with Crippen LogP contribution in [0.2, 0.25) is 0 Å². The molecule has 0 spiro atoms. The van der Waals surface area contributed by atoms with Crippen LogP contribution in [-0.4, -0.2) is 25.6 Å². The van der Waals surface area contributed by atoms with Crippen LogP contribution >= 0.6 is 0 Å².